The molecule has 0 spiro atoms. The van der Waals surface area contributed by atoms with Crippen LogP contribution in [0, 0.1) is 23.6 Å². The molecule has 0 aromatic heterocycles. The second-order valence-electron chi connectivity index (χ2n) is 6.15. The molecule has 110 valence electrons. The van der Waals surface area contributed by atoms with E-state index < -0.39 is 15.8 Å². The lowest BCUT2D eigenvalue weighted by Gasteiger charge is -2.26. The van der Waals surface area contributed by atoms with Crippen molar-refractivity contribution in [2.75, 3.05) is 13.6 Å². The van der Waals surface area contributed by atoms with E-state index in [4.69, 9.17) is 0 Å². The Morgan fingerprint density at radius 2 is 2.00 bits per heavy atom. The van der Waals surface area contributed by atoms with Crippen molar-refractivity contribution in [3.05, 3.63) is 30.1 Å². The largest absolute Gasteiger partial charge is 0.245 e. The molecule has 3 atom stereocenters. The second kappa shape index (κ2) is 5.11. The maximum absolute atomic E-state index is 13.7. The first-order chi connectivity index (χ1) is 9.48. The third-order valence-corrected chi connectivity index (χ3v) is 6.76. The number of benzene rings is 1. The summed E-state index contributed by atoms with van der Waals surface area (Å²) in [5.74, 6) is 1.22. The monoisotopic (exact) mass is 297 g/mol. The number of halogens is 1. The molecule has 2 saturated carbocycles. The fraction of sp³-hybridized carbons (Fsp3) is 0.600. The van der Waals surface area contributed by atoms with E-state index in [1.54, 1.807) is 13.1 Å². The van der Waals surface area contributed by atoms with E-state index in [0.717, 1.165) is 12.3 Å². The Morgan fingerprint density at radius 3 is 2.60 bits per heavy atom. The molecule has 5 heteroatoms. The number of nitrogens with zero attached hydrogens (tertiary/aromatic N) is 1. The predicted molar refractivity (Wildman–Crippen MR) is 75.2 cm³/mol. The molecule has 2 bridgehead atoms. The van der Waals surface area contributed by atoms with Crippen LogP contribution in [-0.2, 0) is 10.0 Å². The van der Waals surface area contributed by atoms with Crippen molar-refractivity contribution in [1.29, 1.82) is 0 Å². The van der Waals surface area contributed by atoms with Crippen LogP contribution in [0.25, 0.3) is 0 Å². The zero-order valence-electron chi connectivity index (χ0n) is 11.6. The van der Waals surface area contributed by atoms with Crippen molar-refractivity contribution < 1.29 is 12.8 Å². The maximum Gasteiger partial charge on any atom is 0.245 e. The molecule has 0 radical (unpaired) electrons. The third kappa shape index (κ3) is 2.37. The van der Waals surface area contributed by atoms with E-state index >= 15 is 0 Å². The summed E-state index contributed by atoms with van der Waals surface area (Å²) in [4.78, 5) is -0.217. The fourth-order valence-corrected chi connectivity index (χ4v) is 5.14. The molecular formula is C15H20FNO2S. The Labute approximate surface area is 119 Å². The number of sulfonamides is 1. The maximum atomic E-state index is 13.7. The van der Waals surface area contributed by atoms with Gasteiger partial charge in [0.1, 0.15) is 10.7 Å². The van der Waals surface area contributed by atoms with Gasteiger partial charge in [-0.05, 0) is 49.1 Å². The van der Waals surface area contributed by atoms with E-state index in [1.807, 2.05) is 0 Å². The molecule has 3 rings (SSSR count). The quantitative estimate of drug-likeness (QED) is 0.857. The Hall–Kier alpha value is -0.940. The van der Waals surface area contributed by atoms with Crippen LogP contribution in [0.3, 0.4) is 0 Å². The van der Waals surface area contributed by atoms with Crippen molar-refractivity contribution in [2.24, 2.45) is 17.8 Å². The number of rotatable bonds is 4. The third-order valence-electron chi connectivity index (χ3n) is 4.90. The van der Waals surface area contributed by atoms with Gasteiger partial charge >= 0.3 is 0 Å². The Balaban J connectivity index is 1.76. The van der Waals surface area contributed by atoms with Gasteiger partial charge < -0.3 is 0 Å². The van der Waals surface area contributed by atoms with Crippen molar-refractivity contribution >= 4 is 10.0 Å². The lowest BCUT2D eigenvalue weighted by atomic mass is 9.89. The summed E-state index contributed by atoms with van der Waals surface area (Å²) in [6.45, 7) is 0.512. The van der Waals surface area contributed by atoms with E-state index in [2.05, 4.69) is 0 Å². The van der Waals surface area contributed by atoms with Gasteiger partial charge in [-0.15, -0.1) is 0 Å². The van der Waals surface area contributed by atoms with Gasteiger partial charge in [-0.3, -0.25) is 0 Å². The van der Waals surface area contributed by atoms with Gasteiger partial charge in [0, 0.05) is 13.6 Å². The minimum Gasteiger partial charge on any atom is -0.207 e. The van der Waals surface area contributed by atoms with E-state index in [9.17, 15) is 12.8 Å². The van der Waals surface area contributed by atoms with Crippen molar-refractivity contribution in [2.45, 2.75) is 30.6 Å². The highest BCUT2D eigenvalue weighted by Crippen LogP contribution is 2.48. The first-order valence-corrected chi connectivity index (χ1v) is 8.63. The molecule has 0 heterocycles. The van der Waals surface area contributed by atoms with Gasteiger partial charge in [0.25, 0.3) is 0 Å². The molecule has 1 aromatic rings. The average molecular weight is 297 g/mol. The molecule has 0 N–H and O–H groups in total. The van der Waals surface area contributed by atoms with E-state index in [1.165, 1.54) is 41.8 Å². The fourth-order valence-electron chi connectivity index (χ4n) is 3.85. The summed E-state index contributed by atoms with van der Waals surface area (Å²) in [6.07, 6.45) is 4.90. The first-order valence-electron chi connectivity index (χ1n) is 7.19. The molecule has 0 aliphatic heterocycles. The van der Waals surface area contributed by atoms with E-state index in [0.29, 0.717) is 18.4 Å². The summed E-state index contributed by atoms with van der Waals surface area (Å²) < 4.78 is 39.9. The number of hydrogen-bond acceptors (Lipinski definition) is 2. The molecule has 2 aliphatic carbocycles. The molecule has 20 heavy (non-hydrogen) atoms. The second-order valence-corrected chi connectivity index (χ2v) is 8.16. The summed E-state index contributed by atoms with van der Waals surface area (Å²) >= 11 is 0. The highest BCUT2D eigenvalue weighted by atomic mass is 32.2. The van der Waals surface area contributed by atoms with Crippen LogP contribution in [0.15, 0.2) is 29.2 Å². The Morgan fingerprint density at radius 1 is 1.25 bits per heavy atom. The summed E-state index contributed by atoms with van der Waals surface area (Å²) in [5.41, 5.74) is 0. The number of fused-ring (bicyclic) bond motifs is 2. The first kappa shape index (κ1) is 14.0. The van der Waals surface area contributed by atoms with Crippen LogP contribution in [0.1, 0.15) is 25.7 Å². The van der Waals surface area contributed by atoms with Gasteiger partial charge in [0.2, 0.25) is 10.0 Å². The van der Waals surface area contributed by atoms with Crippen molar-refractivity contribution in [3.8, 4) is 0 Å². The highest BCUT2D eigenvalue weighted by Gasteiger charge is 2.41. The van der Waals surface area contributed by atoms with Gasteiger partial charge in [0.05, 0.1) is 0 Å². The topological polar surface area (TPSA) is 37.4 Å². The molecule has 0 amide bonds. The number of hydrogen-bond donors (Lipinski definition) is 0. The van der Waals surface area contributed by atoms with Gasteiger partial charge in [-0.2, -0.15) is 0 Å². The lowest BCUT2D eigenvalue weighted by molar-refractivity contribution is 0.280. The highest BCUT2D eigenvalue weighted by molar-refractivity contribution is 7.89. The molecule has 3 unspecified atom stereocenters. The predicted octanol–water partition coefficient (Wildman–Crippen LogP) is 2.88. The zero-order chi connectivity index (χ0) is 14.3. The minimum absolute atomic E-state index is 0.217. The summed E-state index contributed by atoms with van der Waals surface area (Å²) in [6, 6.07) is 5.59. The average Bonchev–Trinajstić information content (AvgIpc) is 3.01. The normalized spacial score (nSPS) is 29.2. The Kier molecular flexibility index (Phi) is 3.58. The van der Waals surface area contributed by atoms with Crippen LogP contribution >= 0.6 is 0 Å². The molecular weight excluding hydrogens is 277 g/mol. The Bertz CT molecular complexity index is 602. The summed E-state index contributed by atoms with van der Waals surface area (Å²) in [5, 5.41) is 0. The van der Waals surface area contributed by atoms with Gasteiger partial charge in [0.15, 0.2) is 0 Å². The van der Waals surface area contributed by atoms with Crippen LogP contribution in [0.5, 0.6) is 0 Å². The molecule has 2 aliphatic rings. The molecule has 3 nitrogen and oxygen atoms in total. The summed E-state index contributed by atoms with van der Waals surface area (Å²) in [7, 11) is -2.15. The minimum atomic E-state index is -3.72. The van der Waals surface area contributed by atoms with Crippen LogP contribution in [0.4, 0.5) is 4.39 Å². The SMILES string of the molecule is CN(CC1CC2CCC1C2)S(=O)(=O)c1ccccc1F. The molecule has 1 aromatic carbocycles. The van der Waals surface area contributed by atoms with Gasteiger partial charge in [-0.25, -0.2) is 17.1 Å². The van der Waals surface area contributed by atoms with Crippen LogP contribution in [0.2, 0.25) is 0 Å². The van der Waals surface area contributed by atoms with E-state index in [-0.39, 0.29) is 4.90 Å². The van der Waals surface area contributed by atoms with Crippen LogP contribution < -0.4 is 0 Å². The standard InChI is InChI=1S/C15H20FNO2S/c1-17(10-13-9-11-6-7-12(13)8-11)20(18,19)15-5-3-2-4-14(15)16/h2-5,11-13H,6-10H2,1H3. The van der Waals surface area contributed by atoms with Gasteiger partial charge in [-0.1, -0.05) is 18.6 Å². The molecule has 2 fully saturated rings. The van der Waals surface area contributed by atoms with Crippen molar-refractivity contribution in [1.82, 2.24) is 4.31 Å². The molecule has 0 saturated heterocycles. The van der Waals surface area contributed by atoms with Crippen LogP contribution in [-0.4, -0.2) is 26.3 Å². The smallest absolute Gasteiger partial charge is 0.207 e. The van der Waals surface area contributed by atoms with Crippen molar-refractivity contribution in [3.63, 3.8) is 0 Å². The zero-order valence-corrected chi connectivity index (χ0v) is 12.4. The lowest BCUT2D eigenvalue weighted by Crippen LogP contribution is -2.34.